The first-order chi connectivity index (χ1) is 11.6. The molecule has 2 heterocycles. The van der Waals surface area contributed by atoms with E-state index >= 15 is 0 Å². The van der Waals surface area contributed by atoms with Crippen LogP contribution in [0.1, 0.15) is 21.7 Å². The molecule has 2 aromatic heterocycles. The molecule has 24 heavy (non-hydrogen) atoms. The van der Waals surface area contributed by atoms with Gasteiger partial charge in [0.1, 0.15) is 23.9 Å². The van der Waals surface area contributed by atoms with Crippen LogP contribution in [-0.4, -0.2) is 25.9 Å². The number of aromatic nitrogens is 4. The fraction of sp³-hybridized carbons (Fsp3) is 0.188. The lowest BCUT2D eigenvalue weighted by atomic mass is 10.3. The Morgan fingerprint density at radius 1 is 1.42 bits per heavy atom. The number of rotatable bonds is 6. The minimum atomic E-state index is -0.368. The van der Waals surface area contributed by atoms with Crippen LogP contribution in [0.4, 0.5) is 4.39 Å². The molecular formula is C16H16FN5O2. The number of aromatic amines is 1. The second-order valence-electron chi connectivity index (χ2n) is 5.23. The number of amides is 1. The van der Waals surface area contributed by atoms with Crippen LogP contribution < -0.4 is 10.1 Å². The summed E-state index contributed by atoms with van der Waals surface area (Å²) in [7, 11) is 1.81. The van der Waals surface area contributed by atoms with Crippen molar-refractivity contribution in [3.8, 4) is 5.75 Å². The highest BCUT2D eigenvalue weighted by Gasteiger charge is 2.11. The Morgan fingerprint density at radius 2 is 2.29 bits per heavy atom. The Balaban J connectivity index is 1.53. The van der Waals surface area contributed by atoms with Crippen molar-refractivity contribution >= 4 is 5.91 Å². The van der Waals surface area contributed by atoms with Crippen LogP contribution in [0.3, 0.4) is 0 Å². The summed E-state index contributed by atoms with van der Waals surface area (Å²) < 4.78 is 20.2. The second-order valence-corrected chi connectivity index (χ2v) is 5.23. The van der Waals surface area contributed by atoms with Crippen molar-refractivity contribution in [2.75, 3.05) is 0 Å². The molecule has 7 nitrogen and oxygen atoms in total. The number of nitrogens with zero attached hydrogens (tertiary/aromatic N) is 3. The third-order valence-corrected chi connectivity index (χ3v) is 3.27. The number of ether oxygens (including phenoxy) is 1. The molecule has 0 saturated carbocycles. The molecule has 0 unspecified atom stereocenters. The summed E-state index contributed by atoms with van der Waals surface area (Å²) in [5.74, 6) is -0.258. The molecule has 124 valence electrons. The quantitative estimate of drug-likeness (QED) is 0.722. The van der Waals surface area contributed by atoms with E-state index in [1.54, 1.807) is 29.1 Å². The standard InChI is InChI=1S/C16H16FN5O2/c1-22-9-11(8-19-22)7-18-16(23)15-6-13(20-21-15)10-24-14-4-2-3-12(17)5-14/h2-6,8-9H,7,10H2,1H3,(H,18,23)(H,20,21). The van der Waals surface area contributed by atoms with Gasteiger partial charge in [-0.15, -0.1) is 0 Å². The number of carbonyl (C=O) groups is 1. The molecule has 0 spiro atoms. The monoisotopic (exact) mass is 329 g/mol. The van der Waals surface area contributed by atoms with Crippen LogP contribution in [0.2, 0.25) is 0 Å². The van der Waals surface area contributed by atoms with Crippen LogP contribution in [-0.2, 0) is 20.2 Å². The maximum Gasteiger partial charge on any atom is 0.272 e. The van der Waals surface area contributed by atoms with E-state index in [9.17, 15) is 9.18 Å². The summed E-state index contributed by atoms with van der Waals surface area (Å²) in [6.07, 6.45) is 3.51. The molecule has 0 radical (unpaired) electrons. The first-order valence-corrected chi connectivity index (χ1v) is 7.28. The van der Waals surface area contributed by atoms with Gasteiger partial charge in [0.15, 0.2) is 0 Å². The molecule has 0 bridgehead atoms. The zero-order valence-electron chi connectivity index (χ0n) is 13.0. The highest BCUT2D eigenvalue weighted by molar-refractivity contribution is 5.92. The van der Waals surface area contributed by atoms with E-state index < -0.39 is 0 Å². The van der Waals surface area contributed by atoms with E-state index in [1.165, 1.54) is 12.1 Å². The van der Waals surface area contributed by atoms with Crippen molar-refractivity contribution in [3.05, 3.63) is 65.5 Å². The second kappa shape index (κ2) is 6.95. The zero-order chi connectivity index (χ0) is 16.9. The molecule has 0 aliphatic rings. The van der Waals surface area contributed by atoms with Gasteiger partial charge in [-0.05, 0) is 18.2 Å². The molecule has 2 N–H and O–H groups in total. The minimum absolute atomic E-state index is 0.159. The van der Waals surface area contributed by atoms with Gasteiger partial charge in [-0.25, -0.2) is 4.39 Å². The van der Waals surface area contributed by atoms with Crippen molar-refractivity contribution in [1.82, 2.24) is 25.3 Å². The number of benzene rings is 1. The van der Waals surface area contributed by atoms with Gasteiger partial charge in [0, 0.05) is 31.4 Å². The molecular weight excluding hydrogens is 313 g/mol. The van der Waals surface area contributed by atoms with Gasteiger partial charge in [0.2, 0.25) is 0 Å². The third kappa shape index (κ3) is 3.97. The van der Waals surface area contributed by atoms with Crippen LogP contribution in [0.25, 0.3) is 0 Å². The van der Waals surface area contributed by atoms with Gasteiger partial charge < -0.3 is 10.1 Å². The Bertz CT molecular complexity index is 842. The van der Waals surface area contributed by atoms with E-state index in [2.05, 4.69) is 20.6 Å². The average molecular weight is 329 g/mol. The SMILES string of the molecule is Cn1cc(CNC(=O)c2cc(COc3cccc(F)c3)[nH]n2)cn1. The number of hydrogen-bond donors (Lipinski definition) is 2. The van der Waals surface area contributed by atoms with Gasteiger partial charge >= 0.3 is 0 Å². The lowest BCUT2D eigenvalue weighted by Gasteiger charge is -2.03. The number of halogens is 1. The molecule has 1 aromatic carbocycles. The van der Waals surface area contributed by atoms with Crippen LogP contribution in [0.15, 0.2) is 42.7 Å². The topological polar surface area (TPSA) is 84.8 Å². The minimum Gasteiger partial charge on any atom is -0.487 e. The highest BCUT2D eigenvalue weighted by Crippen LogP contribution is 2.13. The molecule has 0 saturated heterocycles. The predicted octanol–water partition coefficient (Wildman–Crippen LogP) is 1.79. The largest absolute Gasteiger partial charge is 0.487 e. The van der Waals surface area contributed by atoms with Gasteiger partial charge in [-0.1, -0.05) is 6.07 Å². The summed E-state index contributed by atoms with van der Waals surface area (Å²) in [6.45, 7) is 0.529. The summed E-state index contributed by atoms with van der Waals surface area (Å²) in [5.41, 5.74) is 1.78. The molecule has 8 heteroatoms. The van der Waals surface area contributed by atoms with Crippen molar-refractivity contribution in [3.63, 3.8) is 0 Å². The maximum absolute atomic E-state index is 13.1. The van der Waals surface area contributed by atoms with E-state index in [-0.39, 0.29) is 24.0 Å². The van der Waals surface area contributed by atoms with Gasteiger partial charge in [-0.2, -0.15) is 10.2 Å². The average Bonchev–Trinajstić information content (AvgIpc) is 3.20. The summed E-state index contributed by atoms with van der Waals surface area (Å²) in [6, 6.07) is 7.44. The maximum atomic E-state index is 13.1. The summed E-state index contributed by atoms with van der Waals surface area (Å²) in [4.78, 5) is 12.0. The van der Waals surface area contributed by atoms with E-state index in [4.69, 9.17) is 4.74 Å². The van der Waals surface area contributed by atoms with Gasteiger partial charge in [-0.3, -0.25) is 14.6 Å². The van der Waals surface area contributed by atoms with Crippen molar-refractivity contribution < 1.29 is 13.9 Å². The Hall–Kier alpha value is -3.16. The Morgan fingerprint density at radius 3 is 3.04 bits per heavy atom. The smallest absolute Gasteiger partial charge is 0.272 e. The van der Waals surface area contributed by atoms with Gasteiger partial charge in [0.25, 0.3) is 5.91 Å². The van der Waals surface area contributed by atoms with Crippen molar-refractivity contribution in [1.29, 1.82) is 0 Å². The van der Waals surface area contributed by atoms with Crippen molar-refractivity contribution in [2.24, 2.45) is 7.05 Å². The fourth-order valence-electron chi connectivity index (χ4n) is 2.11. The number of carbonyl (C=O) groups excluding carboxylic acids is 1. The lowest BCUT2D eigenvalue weighted by Crippen LogP contribution is -2.22. The predicted molar refractivity (Wildman–Crippen MR) is 83.7 cm³/mol. The van der Waals surface area contributed by atoms with E-state index in [0.717, 1.165) is 5.56 Å². The summed E-state index contributed by atoms with van der Waals surface area (Å²) in [5, 5.41) is 13.5. The normalized spacial score (nSPS) is 10.6. The first kappa shape index (κ1) is 15.7. The zero-order valence-corrected chi connectivity index (χ0v) is 13.0. The summed E-state index contributed by atoms with van der Waals surface area (Å²) >= 11 is 0. The molecule has 3 aromatic rings. The van der Waals surface area contributed by atoms with Crippen LogP contribution in [0.5, 0.6) is 5.75 Å². The molecule has 0 aliphatic carbocycles. The van der Waals surface area contributed by atoms with E-state index in [1.807, 2.05) is 13.2 Å². The van der Waals surface area contributed by atoms with E-state index in [0.29, 0.717) is 18.0 Å². The molecule has 0 fully saturated rings. The van der Waals surface area contributed by atoms with Crippen LogP contribution in [0, 0.1) is 5.82 Å². The van der Waals surface area contributed by atoms with Gasteiger partial charge in [0.05, 0.1) is 11.9 Å². The number of aryl methyl sites for hydroxylation is 1. The number of hydrogen-bond acceptors (Lipinski definition) is 4. The molecule has 3 rings (SSSR count). The molecule has 1 amide bonds. The first-order valence-electron chi connectivity index (χ1n) is 7.28. The number of nitrogens with one attached hydrogen (secondary N) is 2. The fourth-order valence-corrected chi connectivity index (χ4v) is 2.11. The Kier molecular flexibility index (Phi) is 4.55. The third-order valence-electron chi connectivity index (χ3n) is 3.27. The molecule has 0 aliphatic heterocycles. The van der Waals surface area contributed by atoms with Crippen molar-refractivity contribution in [2.45, 2.75) is 13.2 Å². The van der Waals surface area contributed by atoms with Crippen LogP contribution >= 0.6 is 0 Å². The highest BCUT2D eigenvalue weighted by atomic mass is 19.1. The number of H-pyrrole nitrogens is 1. The Labute approximate surface area is 137 Å². The lowest BCUT2D eigenvalue weighted by molar-refractivity contribution is 0.0946. The molecule has 0 atom stereocenters.